The van der Waals surface area contributed by atoms with Crippen LogP contribution in [0.5, 0.6) is 5.75 Å². The number of likely N-dealkylation sites (tertiary alicyclic amines) is 1. The van der Waals surface area contributed by atoms with Crippen molar-refractivity contribution in [3.05, 3.63) is 29.8 Å². The molecule has 104 valence electrons. The van der Waals surface area contributed by atoms with Crippen LogP contribution in [0.25, 0.3) is 0 Å². The lowest BCUT2D eigenvalue weighted by Crippen LogP contribution is -2.63. The molecule has 0 spiro atoms. The average molecular weight is 261 g/mol. The molecule has 3 nitrogen and oxygen atoms in total. The molecule has 1 aliphatic carbocycles. The topological polar surface area (TPSA) is 32.7 Å². The van der Waals surface area contributed by atoms with Crippen LogP contribution in [0, 0.1) is 12.8 Å². The van der Waals surface area contributed by atoms with Crippen LogP contribution in [0.15, 0.2) is 24.3 Å². The van der Waals surface area contributed by atoms with Crippen LogP contribution in [0.1, 0.15) is 24.8 Å². The van der Waals surface area contributed by atoms with E-state index in [0.717, 1.165) is 38.4 Å². The van der Waals surface area contributed by atoms with Crippen LogP contribution in [0.3, 0.4) is 0 Å². The number of β-amino-alcohol motifs (C(OH)–C–C–N with tert-alkyl or cyclic N) is 1. The molecule has 1 heterocycles. The molecule has 1 aromatic carbocycles. The van der Waals surface area contributed by atoms with E-state index in [-0.39, 0.29) is 5.60 Å². The van der Waals surface area contributed by atoms with Crippen molar-refractivity contribution in [1.82, 2.24) is 4.90 Å². The maximum Gasteiger partial charge on any atom is 0.119 e. The Morgan fingerprint density at radius 1 is 1.37 bits per heavy atom. The van der Waals surface area contributed by atoms with Gasteiger partial charge in [-0.15, -0.1) is 0 Å². The predicted molar refractivity (Wildman–Crippen MR) is 75.4 cm³/mol. The van der Waals surface area contributed by atoms with E-state index in [1.54, 1.807) is 0 Å². The van der Waals surface area contributed by atoms with Crippen LogP contribution >= 0.6 is 0 Å². The Kier molecular flexibility index (Phi) is 3.50. The quantitative estimate of drug-likeness (QED) is 0.797. The van der Waals surface area contributed by atoms with E-state index in [2.05, 4.69) is 24.0 Å². The lowest BCUT2D eigenvalue weighted by atomic mass is 9.89. The third kappa shape index (κ3) is 3.10. The fraction of sp³-hybridized carbons (Fsp3) is 0.625. The molecule has 0 unspecified atom stereocenters. The van der Waals surface area contributed by atoms with Gasteiger partial charge in [0.2, 0.25) is 0 Å². The van der Waals surface area contributed by atoms with Gasteiger partial charge in [-0.05, 0) is 49.8 Å². The summed E-state index contributed by atoms with van der Waals surface area (Å²) >= 11 is 0. The lowest BCUT2D eigenvalue weighted by Gasteiger charge is -2.47. The van der Waals surface area contributed by atoms with Gasteiger partial charge >= 0.3 is 0 Å². The Balaban J connectivity index is 1.32. The molecule has 1 N–H and O–H groups in total. The molecule has 0 atom stereocenters. The van der Waals surface area contributed by atoms with Crippen LogP contribution < -0.4 is 4.74 Å². The summed E-state index contributed by atoms with van der Waals surface area (Å²) < 4.78 is 5.73. The highest BCUT2D eigenvalue weighted by Gasteiger charge is 2.51. The van der Waals surface area contributed by atoms with Crippen molar-refractivity contribution in [2.24, 2.45) is 5.92 Å². The second kappa shape index (κ2) is 5.14. The van der Waals surface area contributed by atoms with Crippen LogP contribution in [-0.4, -0.2) is 41.8 Å². The van der Waals surface area contributed by atoms with E-state index in [1.807, 2.05) is 12.1 Å². The highest BCUT2D eigenvalue weighted by molar-refractivity contribution is 5.27. The molecule has 1 saturated carbocycles. The number of benzene rings is 1. The Morgan fingerprint density at radius 2 is 2.16 bits per heavy atom. The van der Waals surface area contributed by atoms with Crippen molar-refractivity contribution in [3.8, 4) is 5.75 Å². The summed E-state index contributed by atoms with van der Waals surface area (Å²) in [4.78, 5) is 2.33. The maximum absolute atomic E-state index is 10.2. The van der Waals surface area contributed by atoms with E-state index < -0.39 is 0 Å². The van der Waals surface area contributed by atoms with Gasteiger partial charge in [-0.1, -0.05) is 12.1 Å². The summed E-state index contributed by atoms with van der Waals surface area (Å²) in [6, 6.07) is 8.17. The van der Waals surface area contributed by atoms with Gasteiger partial charge in [0.15, 0.2) is 0 Å². The molecule has 19 heavy (non-hydrogen) atoms. The minimum atomic E-state index is -0.350. The summed E-state index contributed by atoms with van der Waals surface area (Å²) in [5, 5.41) is 10.2. The number of hydrogen-bond donors (Lipinski definition) is 1. The fourth-order valence-electron chi connectivity index (χ4n) is 2.95. The number of ether oxygens (including phenoxy) is 1. The van der Waals surface area contributed by atoms with E-state index in [9.17, 15) is 5.11 Å². The molecular weight excluding hydrogens is 238 g/mol. The number of aliphatic hydroxyl groups is 1. The molecule has 0 amide bonds. The Bertz CT molecular complexity index is 436. The smallest absolute Gasteiger partial charge is 0.119 e. The molecule has 0 bridgehead atoms. The van der Waals surface area contributed by atoms with Gasteiger partial charge < -0.3 is 9.84 Å². The molecule has 1 saturated heterocycles. The molecule has 0 radical (unpaired) electrons. The summed E-state index contributed by atoms with van der Waals surface area (Å²) in [6.07, 6.45) is 3.47. The van der Waals surface area contributed by atoms with Gasteiger partial charge in [-0.3, -0.25) is 4.90 Å². The van der Waals surface area contributed by atoms with Gasteiger partial charge in [-0.2, -0.15) is 0 Å². The molecule has 3 heteroatoms. The summed E-state index contributed by atoms with van der Waals surface area (Å²) in [5.41, 5.74) is 0.881. The Hall–Kier alpha value is -1.06. The number of rotatable bonds is 6. The first kappa shape index (κ1) is 12.9. The highest BCUT2D eigenvalue weighted by Crippen LogP contribution is 2.44. The van der Waals surface area contributed by atoms with Crippen molar-refractivity contribution in [1.29, 1.82) is 0 Å². The van der Waals surface area contributed by atoms with Crippen molar-refractivity contribution in [2.45, 2.75) is 31.8 Å². The third-order valence-electron chi connectivity index (χ3n) is 4.21. The van der Waals surface area contributed by atoms with E-state index >= 15 is 0 Å². The maximum atomic E-state index is 10.2. The van der Waals surface area contributed by atoms with Gasteiger partial charge in [0.1, 0.15) is 5.75 Å². The molecule has 3 rings (SSSR count). The summed E-state index contributed by atoms with van der Waals surface area (Å²) in [6.45, 7) is 5.58. The van der Waals surface area contributed by atoms with Gasteiger partial charge in [0.25, 0.3) is 0 Å². The molecular formula is C16H23NO2. The first-order valence-electron chi connectivity index (χ1n) is 7.30. The van der Waals surface area contributed by atoms with Crippen molar-refractivity contribution < 1.29 is 9.84 Å². The highest BCUT2D eigenvalue weighted by atomic mass is 16.5. The van der Waals surface area contributed by atoms with Gasteiger partial charge in [0.05, 0.1) is 12.2 Å². The monoisotopic (exact) mass is 261 g/mol. The molecule has 2 aliphatic rings. The first-order valence-corrected chi connectivity index (χ1v) is 7.30. The molecule has 1 aromatic rings. The molecule has 1 aliphatic heterocycles. The van der Waals surface area contributed by atoms with Crippen molar-refractivity contribution in [2.75, 3.05) is 26.2 Å². The number of nitrogens with zero attached hydrogens (tertiary/aromatic N) is 1. The zero-order valence-electron chi connectivity index (χ0n) is 11.6. The minimum Gasteiger partial charge on any atom is -0.494 e. The Morgan fingerprint density at radius 3 is 2.84 bits per heavy atom. The van der Waals surface area contributed by atoms with Crippen molar-refractivity contribution in [3.63, 3.8) is 0 Å². The van der Waals surface area contributed by atoms with E-state index in [1.165, 1.54) is 18.4 Å². The zero-order valence-corrected chi connectivity index (χ0v) is 11.6. The van der Waals surface area contributed by atoms with Gasteiger partial charge in [0, 0.05) is 19.6 Å². The normalized spacial score (nSPS) is 22.0. The first-order chi connectivity index (χ1) is 9.16. The molecule has 2 fully saturated rings. The van der Waals surface area contributed by atoms with Gasteiger partial charge in [-0.25, -0.2) is 0 Å². The summed E-state index contributed by atoms with van der Waals surface area (Å²) in [7, 11) is 0. The van der Waals surface area contributed by atoms with Crippen LogP contribution in [0.2, 0.25) is 0 Å². The second-order valence-corrected chi connectivity index (χ2v) is 6.11. The minimum absolute atomic E-state index is 0.350. The molecule has 0 aromatic heterocycles. The lowest BCUT2D eigenvalue weighted by molar-refractivity contribution is -0.113. The SMILES string of the molecule is Cc1cccc(OCCCN2CC(O)(C3CC3)C2)c1. The van der Waals surface area contributed by atoms with Crippen LogP contribution in [-0.2, 0) is 0 Å². The number of hydrogen-bond acceptors (Lipinski definition) is 3. The Labute approximate surface area is 115 Å². The fourth-order valence-corrected chi connectivity index (χ4v) is 2.95. The van der Waals surface area contributed by atoms with E-state index in [0.29, 0.717) is 5.92 Å². The standard InChI is InChI=1S/C16H23NO2/c1-13-4-2-5-15(10-13)19-9-3-8-17-11-16(18,12-17)14-6-7-14/h2,4-5,10,14,18H,3,6-9,11-12H2,1H3. The predicted octanol–water partition coefficient (Wildman–Crippen LogP) is 2.22. The summed E-state index contributed by atoms with van der Waals surface area (Å²) in [5.74, 6) is 1.55. The largest absolute Gasteiger partial charge is 0.494 e. The number of aryl methyl sites for hydroxylation is 1. The zero-order chi connectivity index (χ0) is 13.3. The average Bonchev–Trinajstić information content (AvgIpc) is 3.16. The second-order valence-electron chi connectivity index (χ2n) is 6.11. The van der Waals surface area contributed by atoms with Crippen molar-refractivity contribution >= 4 is 0 Å². The van der Waals surface area contributed by atoms with E-state index in [4.69, 9.17) is 4.74 Å². The third-order valence-corrected chi connectivity index (χ3v) is 4.21. The van der Waals surface area contributed by atoms with Crippen LogP contribution in [0.4, 0.5) is 0 Å².